The first-order chi connectivity index (χ1) is 7.76. The van der Waals surface area contributed by atoms with Crippen molar-refractivity contribution in [2.24, 2.45) is 0 Å². The van der Waals surface area contributed by atoms with E-state index >= 15 is 0 Å². The molecular weight excluding hydrogens is 230 g/mol. The molecule has 1 rings (SSSR count). The minimum Gasteiger partial charge on any atom is -0.491 e. The van der Waals surface area contributed by atoms with Crippen LogP contribution in [-0.2, 0) is 4.74 Å². The van der Waals surface area contributed by atoms with E-state index in [4.69, 9.17) is 4.74 Å². The van der Waals surface area contributed by atoms with Crippen LogP contribution < -0.4 is 4.74 Å². The topological polar surface area (TPSA) is 35.5 Å². The molecular formula is C12H14F2O3. The Bertz CT molecular complexity index is 436. The van der Waals surface area contributed by atoms with Gasteiger partial charge >= 0.3 is 5.97 Å². The van der Waals surface area contributed by atoms with Gasteiger partial charge in [-0.2, -0.15) is 0 Å². The summed E-state index contributed by atoms with van der Waals surface area (Å²) in [5, 5.41) is 0. The second-order valence-corrected chi connectivity index (χ2v) is 4.44. The third-order valence-corrected chi connectivity index (χ3v) is 1.87. The zero-order valence-corrected chi connectivity index (χ0v) is 10.1. The standard InChI is InChI=1S/C12H14F2O3/c1-12(2,3)17-11(15)7-5-6-8(13)10(16-4)9(7)14/h5-6H,1-4H3. The highest BCUT2D eigenvalue weighted by molar-refractivity contribution is 5.90. The molecule has 0 aliphatic heterocycles. The summed E-state index contributed by atoms with van der Waals surface area (Å²) in [5.74, 6) is -3.36. The van der Waals surface area contributed by atoms with Gasteiger partial charge in [0.05, 0.1) is 12.7 Å². The molecule has 0 saturated carbocycles. The first kappa shape index (κ1) is 13.4. The monoisotopic (exact) mass is 244 g/mol. The van der Waals surface area contributed by atoms with Crippen LogP contribution in [0.4, 0.5) is 8.78 Å². The molecule has 0 N–H and O–H groups in total. The molecule has 0 fully saturated rings. The largest absolute Gasteiger partial charge is 0.491 e. The van der Waals surface area contributed by atoms with Gasteiger partial charge in [-0.15, -0.1) is 0 Å². The van der Waals surface area contributed by atoms with E-state index in [9.17, 15) is 13.6 Å². The van der Waals surface area contributed by atoms with Crippen molar-refractivity contribution in [1.82, 2.24) is 0 Å². The average molecular weight is 244 g/mol. The molecule has 0 aliphatic rings. The Balaban J connectivity index is 3.12. The van der Waals surface area contributed by atoms with Crippen LogP contribution in [0.5, 0.6) is 5.75 Å². The minimum atomic E-state index is -1.05. The molecule has 94 valence electrons. The van der Waals surface area contributed by atoms with Crippen LogP contribution in [0.25, 0.3) is 0 Å². The maximum absolute atomic E-state index is 13.7. The predicted molar refractivity (Wildman–Crippen MR) is 58.1 cm³/mol. The first-order valence-corrected chi connectivity index (χ1v) is 5.01. The molecule has 0 saturated heterocycles. The Kier molecular flexibility index (Phi) is 3.70. The van der Waals surface area contributed by atoms with Gasteiger partial charge in [0.15, 0.2) is 17.4 Å². The summed E-state index contributed by atoms with van der Waals surface area (Å²) < 4.78 is 36.3. The fraction of sp³-hybridized carbons (Fsp3) is 0.417. The van der Waals surface area contributed by atoms with Crippen LogP contribution >= 0.6 is 0 Å². The van der Waals surface area contributed by atoms with E-state index in [1.54, 1.807) is 20.8 Å². The Morgan fingerprint density at radius 3 is 2.29 bits per heavy atom. The normalized spacial score (nSPS) is 11.2. The van der Waals surface area contributed by atoms with Crippen molar-refractivity contribution in [3.63, 3.8) is 0 Å². The van der Waals surface area contributed by atoms with Gasteiger partial charge in [0.1, 0.15) is 5.60 Å². The number of methoxy groups -OCH3 is 1. The second kappa shape index (κ2) is 4.69. The van der Waals surface area contributed by atoms with Crippen LogP contribution in [0, 0.1) is 11.6 Å². The summed E-state index contributed by atoms with van der Waals surface area (Å²) in [6.07, 6.45) is 0. The summed E-state index contributed by atoms with van der Waals surface area (Å²) >= 11 is 0. The van der Waals surface area contributed by atoms with E-state index in [1.807, 2.05) is 0 Å². The van der Waals surface area contributed by atoms with Crippen molar-refractivity contribution < 1.29 is 23.0 Å². The zero-order valence-electron chi connectivity index (χ0n) is 10.1. The Hall–Kier alpha value is -1.65. The van der Waals surface area contributed by atoms with E-state index in [2.05, 4.69) is 4.74 Å². The van der Waals surface area contributed by atoms with E-state index in [-0.39, 0.29) is 5.56 Å². The van der Waals surface area contributed by atoms with Crippen LogP contribution in [0.3, 0.4) is 0 Å². The number of ether oxygens (including phenoxy) is 2. The lowest BCUT2D eigenvalue weighted by Crippen LogP contribution is -2.24. The van der Waals surface area contributed by atoms with E-state index in [1.165, 1.54) is 0 Å². The van der Waals surface area contributed by atoms with Gasteiger partial charge < -0.3 is 9.47 Å². The molecule has 0 radical (unpaired) electrons. The molecule has 1 aromatic carbocycles. The molecule has 17 heavy (non-hydrogen) atoms. The molecule has 0 atom stereocenters. The van der Waals surface area contributed by atoms with Crippen molar-refractivity contribution in [1.29, 1.82) is 0 Å². The molecule has 3 nitrogen and oxygen atoms in total. The lowest BCUT2D eigenvalue weighted by Gasteiger charge is -2.19. The molecule has 0 unspecified atom stereocenters. The van der Waals surface area contributed by atoms with Gasteiger partial charge in [-0.25, -0.2) is 13.6 Å². The molecule has 0 heterocycles. The van der Waals surface area contributed by atoms with Crippen molar-refractivity contribution in [2.75, 3.05) is 7.11 Å². The number of rotatable bonds is 2. The van der Waals surface area contributed by atoms with Gasteiger partial charge in [-0.05, 0) is 32.9 Å². The van der Waals surface area contributed by atoms with E-state index < -0.39 is 29.0 Å². The van der Waals surface area contributed by atoms with Crippen molar-refractivity contribution in [3.8, 4) is 5.75 Å². The highest BCUT2D eigenvalue weighted by atomic mass is 19.1. The number of benzene rings is 1. The fourth-order valence-corrected chi connectivity index (χ4v) is 1.21. The molecule has 0 aliphatic carbocycles. The number of hydrogen-bond acceptors (Lipinski definition) is 3. The van der Waals surface area contributed by atoms with Crippen LogP contribution in [0.2, 0.25) is 0 Å². The fourth-order valence-electron chi connectivity index (χ4n) is 1.21. The van der Waals surface area contributed by atoms with Crippen molar-refractivity contribution in [2.45, 2.75) is 26.4 Å². The van der Waals surface area contributed by atoms with E-state index in [0.717, 1.165) is 19.2 Å². The number of carbonyl (C=O) groups excluding carboxylic acids is 1. The zero-order chi connectivity index (χ0) is 13.2. The summed E-state index contributed by atoms with van der Waals surface area (Å²) in [5.41, 5.74) is -1.09. The van der Waals surface area contributed by atoms with Gasteiger partial charge in [-0.3, -0.25) is 0 Å². The average Bonchev–Trinajstić information content (AvgIpc) is 2.15. The van der Waals surface area contributed by atoms with Crippen LogP contribution in [-0.4, -0.2) is 18.7 Å². The molecule has 0 aromatic heterocycles. The summed E-state index contributed by atoms with van der Waals surface area (Å²) in [4.78, 5) is 11.6. The number of hydrogen-bond donors (Lipinski definition) is 0. The number of esters is 1. The van der Waals surface area contributed by atoms with Gasteiger partial charge in [-0.1, -0.05) is 0 Å². The third-order valence-electron chi connectivity index (χ3n) is 1.87. The second-order valence-electron chi connectivity index (χ2n) is 4.44. The minimum absolute atomic E-state index is 0.349. The SMILES string of the molecule is COc1c(F)ccc(C(=O)OC(C)(C)C)c1F. The molecule has 5 heteroatoms. The quantitative estimate of drug-likeness (QED) is 0.750. The summed E-state index contributed by atoms with van der Waals surface area (Å²) in [7, 11) is 1.13. The van der Waals surface area contributed by atoms with Crippen molar-refractivity contribution in [3.05, 3.63) is 29.3 Å². The van der Waals surface area contributed by atoms with Crippen molar-refractivity contribution >= 4 is 5.97 Å². The lowest BCUT2D eigenvalue weighted by molar-refractivity contribution is 0.00639. The molecule has 0 spiro atoms. The maximum atomic E-state index is 13.7. The number of halogens is 2. The van der Waals surface area contributed by atoms with Crippen LogP contribution in [0.15, 0.2) is 12.1 Å². The molecule has 1 aromatic rings. The highest BCUT2D eigenvalue weighted by Crippen LogP contribution is 2.25. The Morgan fingerprint density at radius 1 is 1.24 bits per heavy atom. The predicted octanol–water partition coefficient (Wildman–Crippen LogP) is 2.93. The van der Waals surface area contributed by atoms with Gasteiger partial charge in [0, 0.05) is 0 Å². The van der Waals surface area contributed by atoms with E-state index in [0.29, 0.717) is 0 Å². The summed E-state index contributed by atoms with van der Waals surface area (Å²) in [6, 6.07) is 1.99. The van der Waals surface area contributed by atoms with Gasteiger partial charge in [0.25, 0.3) is 0 Å². The Labute approximate surface area is 98.3 Å². The smallest absolute Gasteiger partial charge is 0.341 e. The first-order valence-electron chi connectivity index (χ1n) is 5.01. The maximum Gasteiger partial charge on any atom is 0.341 e. The molecule has 0 amide bonds. The highest BCUT2D eigenvalue weighted by Gasteiger charge is 2.24. The summed E-state index contributed by atoms with van der Waals surface area (Å²) in [6.45, 7) is 4.97. The Morgan fingerprint density at radius 2 is 1.82 bits per heavy atom. The third kappa shape index (κ3) is 3.15. The van der Waals surface area contributed by atoms with Gasteiger partial charge in [0.2, 0.25) is 0 Å². The number of carbonyl (C=O) groups is 1. The molecule has 0 bridgehead atoms. The van der Waals surface area contributed by atoms with Crippen LogP contribution in [0.1, 0.15) is 31.1 Å². The lowest BCUT2D eigenvalue weighted by atomic mass is 10.1.